The standard InChI is InChI=1S/C16H34O4/c1-11(2)18-15(10,17)16(14(7,8)9,19-12(3)4)20-13(5)6/h11-13,17H,1-10H3. The second-order valence-corrected chi connectivity index (χ2v) is 7.35. The van der Waals surface area contributed by atoms with Gasteiger partial charge < -0.3 is 19.3 Å². The molecule has 0 rings (SSSR count). The molecule has 0 fully saturated rings. The molecule has 0 spiro atoms. The van der Waals surface area contributed by atoms with Crippen LogP contribution in [0, 0.1) is 5.41 Å². The van der Waals surface area contributed by atoms with Gasteiger partial charge in [-0.05, 0) is 48.5 Å². The highest BCUT2D eigenvalue weighted by Crippen LogP contribution is 2.45. The predicted molar refractivity (Wildman–Crippen MR) is 81.5 cm³/mol. The second-order valence-electron chi connectivity index (χ2n) is 7.35. The molecular formula is C16H34O4. The summed E-state index contributed by atoms with van der Waals surface area (Å²) < 4.78 is 17.9. The van der Waals surface area contributed by atoms with Crippen molar-refractivity contribution in [2.45, 2.75) is 99.1 Å². The van der Waals surface area contributed by atoms with E-state index in [1.807, 2.05) is 62.3 Å². The Morgan fingerprint density at radius 2 is 0.950 bits per heavy atom. The van der Waals surface area contributed by atoms with Crippen molar-refractivity contribution in [2.75, 3.05) is 0 Å². The SMILES string of the molecule is CC(C)OC(C)(O)C(OC(C)C)(OC(C)C)C(C)(C)C. The van der Waals surface area contributed by atoms with Crippen LogP contribution in [0.25, 0.3) is 0 Å². The van der Waals surface area contributed by atoms with Crippen LogP contribution in [0.5, 0.6) is 0 Å². The van der Waals surface area contributed by atoms with E-state index < -0.39 is 17.0 Å². The number of ether oxygens (including phenoxy) is 3. The van der Waals surface area contributed by atoms with Gasteiger partial charge in [0.25, 0.3) is 0 Å². The highest BCUT2D eigenvalue weighted by molar-refractivity contribution is 4.96. The zero-order valence-electron chi connectivity index (χ0n) is 14.9. The fourth-order valence-corrected chi connectivity index (χ4v) is 2.50. The molecule has 4 nitrogen and oxygen atoms in total. The topological polar surface area (TPSA) is 47.9 Å². The minimum absolute atomic E-state index is 0.102. The first-order valence-electron chi connectivity index (χ1n) is 7.51. The summed E-state index contributed by atoms with van der Waals surface area (Å²) in [5.74, 6) is -2.82. The lowest BCUT2D eigenvalue weighted by Gasteiger charge is -2.53. The van der Waals surface area contributed by atoms with Gasteiger partial charge in [-0.25, -0.2) is 0 Å². The van der Waals surface area contributed by atoms with Gasteiger partial charge in [-0.3, -0.25) is 0 Å². The third-order valence-corrected chi connectivity index (χ3v) is 2.87. The fourth-order valence-electron chi connectivity index (χ4n) is 2.50. The maximum absolute atomic E-state index is 11.0. The first-order valence-corrected chi connectivity index (χ1v) is 7.51. The summed E-state index contributed by atoms with van der Waals surface area (Å²) >= 11 is 0. The molecule has 0 aromatic carbocycles. The molecule has 0 radical (unpaired) electrons. The molecule has 4 heteroatoms. The van der Waals surface area contributed by atoms with Crippen molar-refractivity contribution in [2.24, 2.45) is 5.41 Å². The summed E-state index contributed by atoms with van der Waals surface area (Å²) in [4.78, 5) is 0. The van der Waals surface area contributed by atoms with Gasteiger partial charge in [0.2, 0.25) is 11.6 Å². The molecule has 0 amide bonds. The monoisotopic (exact) mass is 290 g/mol. The zero-order chi connectivity index (χ0) is 16.4. The maximum atomic E-state index is 11.0. The fraction of sp³-hybridized carbons (Fsp3) is 1.00. The third-order valence-electron chi connectivity index (χ3n) is 2.87. The van der Waals surface area contributed by atoms with Gasteiger partial charge in [0.05, 0.1) is 18.3 Å². The largest absolute Gasteiger partial charge is 0.361 e. The molecular weight excluding hydrogens is 256 g/mol. The van der Waals surface area contributed by atoms with E-state index in [0.29, 0.717) is 0 Å². The van der Waals surface area contributed by atoms with E-state index in [9.17, 15) is 5.11 Å². The minimum atomic E-state index is -1.56. The van der Waals surface area contributed by atoms with Gasteiger partial charge in [-0.2, -0.15) is 0 Å². The number of hydrogen-bond acceptors (Lipinski definition) is 4. The first-order chi connectivity index (χ1) is 8.75. The van der Waals surface area contributed by atoms with E-state index in [4.69, 9.17) is 14.2 Å². The van der Waals surface area contributed by atoms with Gasteiger partial charge in [0.15, 0.2) is 0 Å². The molecule has 20 heavy (non-hydrogen) atoms. The molecule has 0 aromatic heterocycles. The number of aliphatic hydroxyl groups is 1. The molecule has 0 aliphatic heterocycles. The summed E-state index contributed by atoms with van der Waals surface area (Å²) in [6, 6.07) is 0. The maximum Gasteiger partial charge on any atom is 0.228 e. The van der Waals surface area contributed by atoms with Crippen molar-refractivity contribution in [1.29, 1.82) is 0 Å². The Morgan fingerprint density at radius 1 is 0.650 bits per heavy atom. The lowest BCUT2D eigenvalue weighted by atomic mass is 9.79. The summed E-state index contributed by atoms with van der Waals surface area (Å²) in [5, 5.41) is 11.0. The van der Waals surface area contributed by atoms with Crippen molar-refractivity contribution < 1.29 is 19.3 Å². The van der Waals surface area contributed by atoms with Gasteiger partial charge in [-0.15, -0.1) is 0 Å². The molecule has 0 saturated heterocycles. The van der Waals surface area contributed by atoms with Crippen molar-refractivity contribution in [3.8, 4) is 0 Å². The summed E-state index contributed by atoms with van der Waals surface area (Å²) in [5.41, 5.74) is -0.472. The molecule has 0 aliphatic carbocycles. The lowest BCUT2D eigenvalue weighted by Crippen LogP contribution is -2.66. The molecule has 1 N–H and O–H groups in total. The Kier molecular flexibility index (Phi) is 6.68. The van der Waals surface area contributed by atoms with Crippen LogP contribution in [-0.4, -0.2) is 35.0 Å². The van der Waals surface area contributed by atoms with Crippen LogP contribution in [-0.2, 0) is 14.2 Å². The zero-order valence-corrected chi connectivity index (χ0v) is 14.9. The van der Waals surface area contributed by atoms with Crippen LogP contribution >= 0.6 is 0 Å². The molecule has 122 valence electrons. The van der Waals surface area contributed by atoms with Crippen LogP contribution in [0.4, 0.5) is 0 Å². The average molecular weight is 290 g/mol. The van der Waals surface area contributed by atoms with Gasteiger partial charge >= 0.3 is 0 Å². The summed E-state index contributed by atoms with van der Waals surface area (Å²) in [6.07, 6.45) is -0.344. The Hall–Kier alpha value is -0.160. The molecule has 0 bridgehead atoms. The highest BCUT2D eigenvalue weighted by Gasteiger charge is 2.60. The Balaban J connectivity index is 5.83. The van der Waals surface area contributed by atoms with E-state index in [1.165, 1.54) is 0 Å². The molecule has 0 aliphatic rings. The Labute approximate surface area is 124 Å². The Bertz CT molecular complexity index is 277. The molecule has 1 atom stereocenters. The van der Waals surface area contributed by atoms with Crippen LogP contribution in [0.2, 0.25) is 0 Å². The van der Waals surface area contributed by atoms with Crippen molar-refractivity contribution in [3.63, 3.8) is 0 Å². The first kappa shape index (κ1) is 19.8. The van der Waals surface area contributed by atoms with E-state index >= 15 is 0 Å². The van der Waals surface area contributed by atoms with Crippen molar-refractivity contribution >= 4 is 0 Å². The van der Waals surface area contributed by atoms with Crippen molar-refractivity contribution in [3.05, 3.63) is 0 Å². The summed E-state index contributed by atoms with van der Waals surface area (Å²) in [6.45, 7) is 19.0. The van der Waals surface area contributed by atoms with Crippen LogP contribution in [0.15, 0.2) is 0 Å². The average Bonchev–Trinajstić information content (AvgIpc) is 2.10. The quantitative estimate of drug-likeness (QED) is 0.726. The van der Waals surface area contributed by atoms with E-state index in [0.717, 1.165) is 0 Å². The van der Waals surface area contributed by atoms with Gasteiger partial charge in [-0.1, -0.05) is 20.8 Å². The van der Waals surface area contributed by atoms with E-state index in [-0.39, 0.29) is 18.3 Å². The molecule has 0 heterocycles. The summed E-state index contributed by atoms with van der Waals surface area (Å²) in [7, 11) is 0. The number of rotatable bonds is 7. The lowest BCUT2D eigenvalue weighted by molar-refractivity contribution is -0.442. The van der Waals surface area contributed by atoms with Crippen LogP contribution < -0.4 is 0 Å². The third kappa shape index (κ3) is 4.69. The van der Waals surface area contributed by atoms with Gasteiger partial charge in [0, 0.05) is 5.41 Å². The van der Waals surface area contributed by atoms with Crippen LogP contribution in [0.1, 0.15) is 69.2 Å². The van der Waals surface area contributed by atoms with E-state index in [2.05, 4.69) is 0 Å². The van der Waals surface area contributed by atoms with Gasteiger partial charge in [0.1, 0.15) is 0 Å². The van der Waals surface area contributed by atoms with Crippen LogP contribution in [0.3, 0.4) is 0 Å². The van der Waals surface area contributed by atoms with Crippen molar-refractivity contribution in [1.82, 2.24) is 0 Å². The highest BCUT2D eigenvalue weighted by atomic mass is 16.8. The molecule has 1 unspecified atom stereocenters. The Morgan fingerprint density at radius 3 is 1.15 bits per heavy atom. The number of hydrogen-bond donors (Lipinski definition) is 1. The van der Waals surface area contributed by atoms with E-state index in [1.54, 1.807) is 6.92 Å². The molecule has 0 aromatic rings. The molecule has 0 saturated carbocycles. The second kappa shape index (κ2) is 6.73. The predicted octanol–water partition coefficient (Wildman–Crippen LogP) is 3.71. The normalized spacial score (nSPS) is 17.1. The smallest absolute Gasteiger partial charge is 0.228 e. The minimum Gasteiger partial charge on any atom is -0.361 e.